The minimum atomic E-state index is -0.305. The molecule has 0 saturated carbocycles. The number of benzene rings is 1. The molecule has 126 valence electrons. The second-order valence-corrected chi connectivity index (χ2v) is 6.14. The van der Waals surface area contributed by atoms with Crippen LogP contribution in [0.25, 0.3) is 10.2 Å². The number of nitrogens with zero attached hydrogens (tertiary/aromatic N) is 1. The molecule has 0 radical (unpaired) electrons. The van der Waals surface area contributed by atoms with Crippen molar-refractivity contribution < 1.29 is 14.3 Å². The molecule has 0 aliphatic heterocycles. The molecule has 1 heterocycles. The fraction of sp³-hybridized carbons (Fsp3) is 0.176. The zero-order chi connectivity index (χ0) is 17.7. The molecule has 0 spiro atoms. The number of thiazole rings is 1. The average molecular weight is 365 g/mol. The molecule has 2 rings (SSSR count). The van der Waals surface area contributed by atoms with E-state index in [1.165, 1.54) is 25.6 Å². The van der Waals surface area contributed by atoms with Gasteiger partial charge in [0.15, 0.2) is 16.6 Å². The lowest BCUT2D eigenvalue weighted by atomic mass is 10.2. The predicted octanol–water partition coefficient (Wildman–Crippen LogP) is 4.52. The lowest BCUT2D eigenvalue weighted by Gasteiger charge is -2.09. The standard InChI is InChI=1S/C17H17ClN2O3S/c1-5-11(8-14(23-4)10(2)22-3)16(21)20-17-19-13-7-6-12(18)9-15(13)24-17/h5-9H,2H2,1,3-4H3,(H,19,20,21)/b11-5+,14-8+. The highest BCUT2D eigenvalue weighted by atomic mass is 35.5. The van der Waals surface area contributed by atoms with E-state index in [4.69, 9.17) is 21.1 Å². The van der Waals surface area contributed by atoms with Crippen molar-refractivity contribution in [3.8, 4) is 0 Å². The number of anilines is 1. The first kappa shape index (κ1) is 18.0. The number of carbonyl (C=O) groups is 1. The van der Waals surface area contributed by atoms with E-state index in [-0.39, 0.29) is 5.91 Å². The van der Waals surface area contributed by atoms with Crippen LogP contribution < -0.4 is 5.32 Å². The second-order valence-electron chi connectivity index (χ2n) is 4.67. The summed E-state index contributed by atoms with van der Waals surface area (Å²) in [5.74, 6) is 0.400. The van der Waals surface area contributed by atoms with Crippen LogP contribution in [0.1, 0.15) is 6.92 Å². The van der Waals surface area contributed by atoms with Gasteiger partial charge in [-0.15, -0.1) is 0 Å². The summed E-state index contributed by atoms with van der Waals surface area (Å²) in [5.41, 5.74) is 1.19. The highest BCUT2D eigenvalue weighted by molar-refractivity contribution is 7.22. The topological polar surface area (TPSA) is 60.5 Å². The molecule has 0 aliphatic carbocycles. The van der Waals surface area contributed by atoms with Crippen molar-refractivity contribution in [1.29, 1.82) is 0 Å². The summed E-state index contributed by atoms with van der Waals surface area (Å²) in [6.07, 6.45) is 3.23. The normalized spacial score (nSPS) is 12.2. The number of ether oxygens (including phenoxy) is 2. The van der Waals surface area contributed by atoms with Crippen molar-refractivity contribution in [1.82, 2.24) is 4.98 Å². The Morgan fingerprint density at radius 1 is 1.38 bits per heavy atom. The Bertz CT molecular complexity index is 839. The summed E-state index contributed by atoms with van der Waals surface area (Å²) >= 11 is 7.32. The van der Waals surface area contributed by atoms with E-state index in [9.17, 15) is 4.79 Å². The number of hydrogen-bond acceptors (Lipinski definition) is 5. The molecule has 1 amide bonds. The van der Waals surface area contributed by atoms with Crippen molar-refractivity contribution in [2.24, 2.45) is 0 Å². The van der Waals surface area contributed by atoms with Gasteiger partial charge in [0, 0.05) is 10.6 Å². The maximum absolute atomic E-state index is 12.4. The van der Waals surface area contributed by atoms with E-state index in [0.717, 1.165) is 10.2 Å². The average Bonchev–Trinajstić information content (AvgIpc) is 2.96. The molecule has 0 atom stereocenters. The van der Waals surface area contributed by atoms with Crippen LogP contribution >= 0.6 is 22.9 Å². The highest BCUT2D eigenvalue weighted by Crippen LogP contribution is 2.28. The molecule has 0 aliphatic rings. The fourth-order valence-electron chi connectivity index (χ4n) is 1.90. The Morgan fingerprint density at radius 2 is 2.12 bits per heavy atom. The summed E-state index contributed by atoms with van der Waals surface area (Å²) in [6, 6.07) is 5.38. The molecule has 2 aromatic rings. The minimum absolute atomic E-state index is 0.305. The van der Waals surface area contributed by atoms with Crippen LogP contribution in [0, 0.1) is 0 Å². The first-order chi connectivity index (χ1) is 11.5. The molecule has 1 aromatic heterocycles. The van der Waals surface area contributed by atoms with Crippen molar-refractivity contribution >= 4 is 44.2 Å². The third kappa shape index (κ3) is 4.15. The highest BCUT2D eigenvalue weighted by Gasteiger charge is 2.13. The number of allylic oxidation sites excluding steroid dienone is 1. The number of carbonyl (C=O) groups excluding carboxylic acids is 1. The molecule has 5 nitrogen and oxygen atoms in total. The largest absolute Gasteiger partial charge is 0.493 e. The SMILES string of the molecule is C=C(OC)/C(=C\C(=C/C)C(=O)Nc1nc2ccc(Cl)cc2s1)OC. The maximum atomic E-state index is 12.4. The van der Waals surface area contributed by atoms with Gasteiger partial charge in [-0.25, -0.2) is 4.98 Å². The van der Waals surface area contributed by atoms with Gasteiger partial charge >= 0.3 is 0 Å². The number of aromatic nitrogens is 1. The third-order valence-electron chi connectivity index (χ3n) is 3.17. The van der Waals surface area contributed by atoms with E-state index in [1.54, 1.807) is 25.1 Å². The molecule has 1 aromatic carbocycles. The van der Waals surface area contributed by atoms with Gasteiger partial charge in [-0.3, -0.25) is 10.1 Å². The van der Waals surface area contributed by atoms with Crippen molar-refractivity contribution in [3.63, 3.8) is 0 Å². The molecule has 24 heavy (non-hydrogen) atoms. The molecule has 0 saturated heterocycles. The van der Waals surface area contributed by atoms with Crippen LogP contribution in [0.5, 0.6) is 0 Å². The number of fused-ring (bicyclic) bond motifs is 1. The Morgan fingerprint density at radius 3 is 2.75 bits per heavy atom. The molecule has 0 unspecified atom stereocenters. The number of halogens is 1. The van der Waals surface area contributed by atoms with Crippen LogP contribution in [0.4, 0.5) is 5.13 Å². The van der Waals surface area contributed by atoms with Crippen molar-refractivity contribution in [2.75, 3.05) is 19.5 Å². The zero-order valence-electron chi connectivity index (χ0n) is 13.6. The van der Waals surface area contributed by atoms with Gasteiger partial charge in [-0.2, -0.15) is 0 Å². The molecular formula is C17H17ClN2O3S. The van der Waals surface area contributed by atoms with E-state index >= 15 is 0 Å². The van der Waals surface area contributed by atoms with Crippen molar-refractivity contribution in [3.05, 3.63) is 59.0 Å². The van der Waals surface area contributed by atoms with Gasteiger partial charge in [0.25, 0.3) is 5.91 Å². The molecule has 0 fully saturated rings. The first-order valence-electron chi connectivity index (χ1n) is 7.01. The Balaban J connectivity index is 2.22. The van der Waals surface area contributed by atoms with E-state index in [0.29, 0.717) is 27.2 Å². The summed E-state index contributed by atoms with van der Waals surface area (Å²) in [4.78, 5) is 16.8. The summed E-state index contributed by atoms with van der Waals surface area (Å²) in [6.45, 7) is 5.47. The van der Waals surface area contributed by atoms with E-state index in [1.807, 2.05) is 12.1 Å². The summed E-state index contributed by atoms with van der Waals surface area (Å²) in [7, 11) is 2.97. The number of nitrogens with one attached hydrogen (secondary N) is 1. The van der Waals surface area contributed by atoms with Crippen LogP contribution in [0.15, 0.2) is 54.0 Å². The van der Waals surface area contributed by atoms with E-state index in [2.05, 4.69) is 16.9 Å². The second kappa shape index (κ2) is 7.99. The van der Waals surface area contributed by atoms with Gasteiger partial charge in [0.1, 0.15) is 0 Å². The monoisotopic (exact) mass is 364 g/mol. The van der Waals surface area contributed by atoms with Crippen LogP contribution in [-0.4, -0.2) is 25.1 Å². The van der Waals surface area contributed by atoms with Gasteiger partial charge in [0.2, 0.25) is 0 Å². The van der Waals surface area contributed by atoms with E-state index < -0.39 is 0 Å². The Kier molecular flexibility index (Phi) is 6.00. The number of amides is 1. The Hall–Kier alpha value is -2.31. The van der Waals surface area contributed by atoms with Gasteiger partial charge in [-0.1, -0.05) is 35.6 Å². The number of hydrogen-bond donors (Lipinski definition) is 1. The lowest BCUT2D eigenvalue weighted by Crippen LogP contribution is -2.13. The minimum Gasteiger partial charge on any atom is -0.493 e. The number of methoxy groups -OCH3 is 2. The Labute approximate surface area is 149 Å². The fourth-order valence-corrected chi connectivity index (χ4v) is 3.03. The molecular weight excluding hydrogens is 348 g/mol. The maximum Gasteiger partial charge on any atom is 0.257 e. The zero-order valence-corrected chi connectivity index (χ0v) is 15.1. The molecule has 1 N–H and O–H groups in total. The first-order valence-corrected chi connectivity index (χ1v) is 8.20. The van der Waals surface area contributed by atoms with Crippen LogP contribution in [-0.2, 0) is 14.3 Å². The molecule has 7 heteroatoms. The van der Waals surface area contributed by atoms with Crippen LogP contribution in [0.2, 0.25) is 5.02 Å². The third-order valence-corrected chi connectivity index (χ3v) is 4.34. The quantitative estimate of drug-likeness (QED) is 0.465. The van der Waals surface area contributed by atoms with Gasteiger partial charge in [0.05, 0.1) is 24.4 Å². The van der Waals surface area contributed by atoms with Gasteiger partial charge in [-0.05, 0) is 31.2 Å². The lowest BCUT2D eigenvalue weighted by molar-refractivity contribution is -0.112. The van der Waals surface area contributed by atoms with Gasteiger partial charge < -0.3 is 9.47 Å². The smallest absolute Gasteiger partial charge is 0.257 e. The van der Waals surface area contributed by atoms with Crippen LogP contribution in [0.3, 0.4) is 0 Å². The molecule has 0 bridgehead atoms. The number of rotatable bonds is 6. The van der Waals surface area contributed by atoms with Crippen molar-refractivity contribution in [2.45, 2.75) is 6.92 Å². The summed E-state index contributed by atoms with van der Waals surface area (Å²) in [5, 5.41) is 3.90. The predicted molar refractivity (Wildman–Crippen MR) is 98.3 cm³/mol. The summed E-state index contributed by atoms with van der Waals surface area (Å²) < 4.78 is 11.1.